The molecule has 20 heavy (non-hydrogen) atoms. The Balaban J connectivity index is 2.47. The molecule has 0 amide bonds. The minimum Gasteiger partial charge on any atom is -0.497 e. The lowest BCUT2D eigenvalue weighted by Gasteiger charge is -2.08. The Kier molecular flexibility index (Phi) is 4.29. The van der Waals surface area contributed by atoms with Crippen molar-refractivity contribution in [2.45, 2.75) is 0 Å². The average Bonchev–Trinajstić information content (AvgIpc) is 2.44. The molecule has 0 bridgehead atoms. The molecule has 4 nitrogen and oxygen atoms in total. The highest BCUT2D eigenvalue weighted by molar-refractivity contribution is 9.10. The van der Waals surface area contributed by atoms with Crippen molar-refractivity contribution in [3.63, 3.8) is 0 Å². The van der Waals surface area contributed by atoms with E-state index in [0.717, 1.165) is 4.47 Å². The van der Waals surface area contributed by atoms with Crippen LogP contribution in [0.25, 0.3) is 0 Å². The van der Waals surface area contributed by atoms with Gasteiger partial charge < -0.3 is 15.2 Å². The van der Waals surface area contributed by atoms with E-state index in [1.165, 1.54) is 0 Å². The fourth-order valence-corrected chi connectivity index (χ4v) is 2.36. The highest BCUT2D eigenvalue weighted by Crippen LogP contribution is 2.26. The van der Waals surface area contributed by atoms with Gasteiger partial charge >= 0.3 is 0 Å². The van der Waals surface area contributed by atoms with Crippen LogP contribution in [0.15, 0.2) is 40.9 Å². The van der Waals surface area contributed by atoms with Crippen LogP contribution in [0.3, 0.4) is 0 Å². The molecule has 0 saturated heterocycles. The van der Waals surface area contributed by atoms with Crippen molar-refractivity contribution in [2.24, 2.45) is 0 Å². The lowest BCUT2D eigenvalue weighted by molar-refractivity contribution is 0.103. The molecule has 2 aromatic carbocycles. The zero-order chi connectivity index (χ0) is 14.7. The van der Waals surface area contributed by atoms with Crippen molar-refractivity contribution in [3.8, 4) is 11.5 Å². The van der Waals surface area contributed by atoms with Gasteiger partial charge in [-0.25, -0.2) is 0 Å². The van der Waals surface area contributed by atoms with Gasteiger partial charge in [-0.2, -0.15) is 0 Å². The van der Waals surface area contributed by atoms with Crippen LogP contribution in [0.1, 0.15) is 15.9 Å². The van der Waals surface area contributed by atoms with Gasteiger partial charge in [-0.3, -0.25) is 4.79 Å². The van der Waals surface area contributed by atoms with Crippen LogP contribution in [0.4, 0.5) is 5.69 Å². The average molecular weight is 336 g/mol. The summed E-state index contributed by atoms with van der Waals surface area (Å²) in [5.41, 5.74) is 7.27. The minimum atomic E-state index is -0.143. The van der Waals surface area contributed by atoms with E-state index >= 15 is 0 Å². The Morgan fingerprint density at radius 1 is 0.950 bits per heavy atom. The van der Waals surface area contributed by atoms with Crippen LogP contribution in [0.2, 0.25) is 0 Å². The number of methoxy groups -OCH3 is 2. The molecule has 0 heterocycles. The van der Waals surface area contributed by atoms with E-state index in [-0.39, 0.29) is 5.78 Å². The SMILES string of the molecule is COc1cc(OC)cc(C(=O)c2cc(N)cc(Br)c2)c1. The highest BCUT2D eigenvalue weighted by atomic mass is 79.9. The Bertz CT molecular complexity index is 613. The van der Waals surface area contributed by atoms with Crippen molar-refractivity contribution in [2.75, 3.05) is 20.0 Å². The lowest BCUT2D eigenvalue weighted by atomic mass is 10.0. The van der Waals surface area contributed by atoms with Crippen LogP contribution in [-0.2, 0) is 0 Å². The second kappa shape index (κ2) is 5.96. The topological polar surface area (TPSA) is 61.5 Å². The van der Waals surface area contributed by atoms with Gasteiger partial charge in [-0.1, -0.05) is 15.9 Å². The molecule has 0 saturated carbocycles. The Morgan fingerprint density at radius 3 is 2.00 bits per heavy atom. The standard InChI is InChI=1S/C15H14BrNO3/c1-19-13-5-10(6-14(8-13)20-2)15(18)9-3-11(16)7-12(17)4-9/h3-8H,17H2,1-2H3. The van der Waals surface area contributed by atoms with Crippen LogP contribution >= 0.6 is 15.9 Å². The maximum absolute atomic E-state index is 12.5. The van der Waals surface area contributed by atoms with Gasteiger partial charge in [0.2, 0.25) is 0 Å². The number of anilines is 1. The molecule has 2 N–H and O–H groups in total. The molecule has 0 aliphatic carbocycles. The molecule has 0 radical (unpaired) electrons. The molecule has 0 aromatic heterocycles. The number of nitrogens with two attached hydrogens (primary N) is 1. The fraction of sp³-hybridized carbons (Fsp3) is 0.133. The molecule has 0 spiro atoms. The van der Waals surface area contributed by atoms with Gasteiger partial charge in [0.15, 0.2) is 5.78 Å². The van der Waals surface area contributed by atoms with Gasteiger partial charge in [-0.15, -0.1) is 0 Å². The number of ketones is 1. The predicted molar refractivity (Wildman–Crippen MR) is 81.5 cm³/mol. The van der Waals surface area contributed by atoms with Gasteiger partial charge in [0, 0.05) is 27.4 Å². The first-order valence-electron chi connectivity index (χ1n) is 5.87. The van der Waals surface area contributed by atoms with Crippen LogP contribution < -0.4 is 15.2 Å². The number of hydrogen-bond donors (Lipinski definition) is 1. The van der Waals surface area contributed by atoms with Crippen LogP contribution in [-0.4, -0.2) is 20.0 Å². The predicted octanol–water partition coefficient (Wildman–Crippen LogP) is 3.28. The first-order chi connectivity index (χ1) is 9.53. The quantitative estimate of drug-likeness (QED) is 0.688. The third-order valence-corrected chi connectivity index (χ3v) is 3.25. The number of nitrogen functional groups attached to an aromatic ring is 1. The maximum Gasteiger partial charge on any atom is 0.193 e. The molecule has 0 aliphatic heterocycles. The zero-order valence-electron chi connectivity index (χ0n) is 11.1. The molecule has 104 valence electrons. The monoisotopic (exact) mass is 335 g/mol. The Morgan fingerprint density at radius 2 is 1.50 bits per heavy atom. The number of rotatable bonds is 4. The molecule has 0 aliphatic rings. The summed E-state index contributed by atoms with van der Waals surface area (Å²) in [6.45, 7) is 0. The summed E-state index contributed by atoms with van der Waals surface area (Å²) in [6.07, 6.45) is 0. The third kappa shape index (κ3) is 3.11. The number of ether oxygens (including phenoxy) is 2. The van der Waals surface area contributed by atoms with Gasteiger partial charge in [-0.05, 0) is 30.3 Å². The Hall–Kier alpha value is -2.01. The van der Waals surface area contributed by atoms with Crippen molar-refractivity contribution in [3.05, 3.63) is 52.0 Å². The largest absolute Gasteiger partial charge is 0.497 e. The molecule has 0 unspecified atom stereocenters. The normalized spacial score (nSPS) is 10.2. The number of carbonyl (C=O) groups is 1. The van der Waals surface area contributed by atoms with Gasteiger partial charge in [0.1, 0.15) is 11.5 Å². The summed E-state index contributed by atoms with van der Waals surface area (Å²) in [4.78, 5) is 12.5. The smallest absolute Gasteiger partial charge is 0.193 e. The maximum atomic E-state index is 12.5. The molecule has 2 rings (SSSR count). The summed E-state index contributed by atoms with van der Waals surface area (Å²) in [6, 6.07) is 10.2. The third-order valence-electron chi connectivity index (χ3n) is 2.80. The van der Waals surface area contributed by atoms with Crippen molar-refractivity contribution in [1.29, 1.82) is 0 Å². The Labute approximate surface area is 125 Å². The number of carbonyl (C=O) groups excluding carboxylic acids is 1. The molecular weight excluding hydrogens is 322 g/mol. The van der Waals surface area contributed by atoms with Crippen LogP contribution in [0, 0.1) is 0 Å². The number of hydrogen-bond acceptors (Lipinski definition) is 4. The van der Waals surface area contributed by atoms with Crippen molar-refractivity contribution in [1.82, 2.24) is 0 Å². The van der Waals surface area contributed by atoms with E-state index in [1.807, 2.05) is 0 Å². The van der Waals surface area contributed by atoms with Crippen molar-refractivity contribution >= 4 is 27.4 Å². The molecule has 2 aromatic rings. The first-order valence-corrected chi connectivity index (χ1v) is 6.66. The fourth-order valence-electron chi connectivity index (χ4n) is 1.85. The van der Waals surface area contributed by atoms with Crippen molar-refractivity contribution < 1.29 is 14.3 Å². The van der Waals surface area contributed by atoms with E-state index in [0.29, 0.717) is 28.3 Å². The minimum absolute atomic E-state index is 0.143. The lowest BCUT2D eigenvalue weighted by Crippen LogP contribution is -2.03. The summed E-state index contributed by atoms with van der Waals surface area (Å²) < 4.78 is 11.1. The second-order valence-electron chi connectivity index (χ2n) is 4.20. The number of benzene rings is 2. The van der Waals surface area contributed by atoms with E-state index < -0.39 is 0 Å². The van der Waals surface area contributed by atoms with E-state index in [4.69, 9.17) is 15.2 Å². The zero-order valence-corrected chi connectivity index (χ0v) is 12.7. The summed E-state index contributed by atoms with van der Waals surface area (Å²) in [5.74, 6) is 0.988. The van der Waals surface area contributed by atoms with E-state index in [1.54, 1.807) is 50.6 Å². The summed E-state index contributed by atoms with van der Waals surface area (Å²) in [5, 5.41) is 0. The van der Waals surface area contributed by atoms with Gasteiger partial charge in [0.25, 0.3) is 0 Å². The highest BCUT2D eigenvalue weighted by Gasteiger charge is 2.13. The first kappa shape index (κ1) is 14.4. The molecule has 0 atom stereocenters. The van der Waals surface area contributed by atoms with Crippen LogP contribution in [0.5, 0.6) is 11.5 Å². The van der Waals surface area contributed by atoms with E-state index in [2.05, 4.69) is 15.9 Å². The molecule has 0 fully saturated rings. The van der Waals surface area contributed by atoms with Gasteiger partial charge in [0.05, 0.1) is 14.2 Å². The summed E-state index contributed by atoms with van der Waals surface area (Å²) >= 11 is 3.33. The number of halogens is 1. The van der Waals surface area contributed by atoms with E-state index in [9.17, 15) is 4.79 Å². The molecule has 5 heteroatoms. The second-order valence-corrected chi connectivity index (χ2v) is 5.12. The summed E-state index contributed by atoms with van der Waals surface area (Å²) in [7, 11) is 3.08. The molecular formula is C15H14BrNO3.